The van der Waals surface area contributed by atoms with Crippen molar-refractivity contribution in [1.82, 2.24) is 10.3 Å². The topological polar surface area (TPSA) is 42.0 Å². The first-order chi connectivity index (χ1) is 9.24. The second kappa shape index (κ2) is 5.23. The number of nitrogens with zero attached hydrogens (tertiary/aromatic N) is 1. The minimum absolute atomic E-state index is 0.172. The van der Waals surface area contributed by atoms with E-state index in [0.717, 1.165) is 29.2 Å². The number of nitrogens with one attached hydrogen (secondary N) is 1. The molecule has 1 N–H and O–H groups in total. The van der Waals surface area contributed by atoms with Gasteiger partial charge in [0.25, 0.3) is 0 Å². The van der Waals surface area contributed by atoms with Crippen molar-refractivity contribution >= 4 is 17.1 Å². The van der Waals surface area contributed by atoms with Gasteiger partial charge in [0.1, 0.15) is 5.01 Å². The average Bonchev–Trinajstić information content (AvgIpc) is 2.83. The quantitative estimate of drug-likeness (QED) is 0.933. The molecule has 0 radical (unpaired) electrons. The number of fused-ring (bicyclic) bond motifs is 1. The van der Waals surface area contributed by atoms with E-state index in [0.29, 0.717) is 6.42 Å². The zero-order valence-electron chi connectivity index (χ0n) is 10.8. The van der Waals surface area contributed by atoms with Crippen molar-refractivity contribution in [2.75, 3.05) is 6.54 Å². The lowest BCUT2D eigenvalue weighted by molar-refractivity contribution is -0.120. The van der Waals surface area contributed by atoms with E-state index < -0.39 is 0 Å². The van der Waals surface area contributed by atoms with Crippen LogP contribution in [0.2, 0.25) is 0 Å². The number of carbonyl (C=O) groups is 1. The molecule has 1 atom stereocenters. The highest BCUT2D eigenvalue weighted by molar-refractivity contribution is 7.09. The van der Waals surface area contributed by atoms with Crippen LogP contribution in [0.1, 0.15) is 27.9 Å². The maximum atomic E-state index is 12.4. The van der Waals surface area contributed by atoms with Crippen LogP contribution < -0.4 is 5.32 Å². The third-order valence-corrected chi connectivity index (χ3v) is 4.39. The number of benzene rings is 1. The third-order valence-electron chi connectivity index (χ3n) is 3.42. The molecule has 0 bridgehead atoms. The number of hydrogen-bond donors (Lipinski definition) is 1. The Morgan fingerprint density at radius 3 is 3.11 bits per heavy atom. The van der Waals surface area contributed by atoms with E-state index in [1.165, 1.54) is 5.56 Å². The van der Waals surface area contributed by atoms with Crippen LogP contribution in [0.25, 0.3) is 0 Å². The second-order valence-electron chi connectivity index (χ2n) is 4.86. The Bertz CT molecular complexity index is 606. The fourth-order valence-corrected chi connectivity index (χ4v) is 3.31. The summed E-state index contributed by atoms with van der Waals surface area (Å²) < 4.78 is 0. The van der Waals surface area contributed by atoms with Gasteiger partial charge in [0.15, 0.2) is 5.78 Å². The van der Waals surface area contributed by atoms with E-state index in [1.54, 1.807) is 11.3 Å². The fraction of sp³-hybridized carbons (Fsp3) is 0.333. The van der Waals surface area contributed by atoms with Crippen molar-refractivity contribution in [2.24, 2.45) is 0 Å². The van der Waals surface area contributed by atoms with Crippen molar-refractivity contribution in [2.45, 2.75) is 25.8 Å². The summed E-state index contributed by atoms with van der Waals surface area (Å²) in [7, 11) is 0. The summed E-state index contributed by atoms with van der Waals surface area (Å²) in [5.74, 6) is 0.210. The monoisotopic (exact) mass is 272 g/mol. The smallest absolute Gasteiger partial charge is 0.161 e. The Labute approximate surface area is 116 Å². The summed E-state index contributed by atoms with van der Waals surface area (Å²) in [5, 5.41) is 6.23. The van der Waals surface area contributed by atoms with Crippen LogP contribution in [0.3, 0.4) is 0 Å². The van der Waals surface area contributed by atoms with E-state index in [1.807, 2.05) is 24.4 Å². The standard InChI is InChI=1S/C15H16N2OS/c1-10-9-19-14(17-10)8-13(18)15-12-5-3-2-4-11(12)6-7-16-15/h2-5,9,15-16H,6-8H2,1H3. The number of aromatic nitrogens is 1. The summed E-state index contributed by atoms with van der Waals surface area (Å²) in [6.45, 7) is 2.82. The molecular formula is C15H16N2OS. The number of aryl methyl sites for hydroxylation is 1. The molecule has 0 amide bonds. The van der Waals surface area contributed by atoms with Crippen molar-refractivity contribution in [3.05, 3.63) is 51.5 Å². The predicted octanol–water partition coefficient (Wildman–Crippen LogP) is 2.45. The molecule has 0 spiro atoms. The molecule has 1 aliphatic rings. The highest BCUT2D eigenvalue weighted by Gasteiger charge is 2.26. The lowest BCUT2D eigenvalue weighted by Gasteiger charge is -2.25. The van der Waals surface area contributed by atoms with Gasteiger partial charge in [-0.05, 0) is 24.5 Å². The van der Waals surface area contributed by atoms with E-state index in [-0.39, 0.29) is 11.8 Å². The van der Waals surface area contributed by atoms with E-state index >= 15 is 0 Å². The van der Waals surface area contributed by atoms with Gasteiger partial charge in [-0.25, -0.2) is 4.98 Å². The maximum Gasteiger partial charge on any atom is 0.161 e. The van der Waals surface area contributed by atoms with E-state index in [4.69, 9.17) is 0 Å². The predicted molar refractivity (Wildman–Crippen MR) is 76.5 cm³/mol. The molecular weight excluding hydrogens is 256 g/mol. The van der Waals surface area contributed by atoms with E-state index in [9.17, 15) is 4.79 Å². The van der Waals surface area contributed by atoms with Gasteiger partial charge in [0.05, 0.1) is 12.5 Å². The molecule has 4 heteroatoms. The summed E-state index contributed by atoms with van der Waals surface area (Å²) in [4.78, 5) is 16.8. The average molecular weight is 272 g/mol. The first kappa shape index (κ1) is 12.5. The molecule has 0 saturated carbocycles. The Kier molecular flexibility index (Phi) is 3.44. The SMILES string of the molecule is Cc1csc(CC(=O)C2NCCc3ccccc32)n1. The summed E-state index contributed by atoms with van der Waals surface area (Å²) >= 11 is 1.56. The first-order valence-corrected chi connectivity index (χ1v) is 7.37. The van der Waals surface area contributed by atoms with Crippen LogP contribution in [0.15, 0.2) is 29.6 Å². The molecule has 1 aromatic carbocycles. The lowest BCUT2D eigenvalue weighted by atomic mass is 9.91. The zero-order chi connectivity index (χ0) is 13.2. The zero-order valence-corrected chi connectivity index (χ0v) is 11.7. The van der Waals surface area contributed by atoms with Gasteiger partial charge < -0.3 is 5.32 Å². The molecule has 0 fully saturated rings. The molecule has 3 rings (SSSR count). The Balaban J connectivity index is 1.81. The normalized spacial score (nSPS) is 18.1. The van der Waals surface area contributed by atoms with Gasteiger partial charge in [-0.1, -0.05) is 24.3 Å². The third kappa shape index (κ3) is 2.60. The van der Waals surface area contributed by atoms with Crippen molar-refractivity contribution in [1.29, 1.82) is 0 Å². The summed E-state index contributed by atoms with van der Waals surface area (Å²) in [6.07, 6.45) is 1.42. The van der Waals surface area contributed by atoms with Crippen LogP contribution in [0.5, 0.6) is 0 Å². The number of hydrogen-bond acceptors (Lipinski definition) is 4. The van der Waals surface area contributed by atoms with Crippen molar-refractivity contribution in [3.63, 3.8) is 0 Å². The maximum absolute atomic E-state index is 12.4. The molecule has 19 heavy (non-hydrogen) atoms. The lowest BCUT2D eigenvalue weighted by Crippen LogP contribution is -2.35. The van der Waals surface area contributed by atoms with Gasteiger partial charge in [0, 0.05) is 17.6 Å². The fourth-order valence-electron chi connectivity index (χ4n) is 2.53. The number of carbonyl (C=O) groups excluding carboxylic acids is 1. The van der Waals surface area contributed by atoms with Gasteiger partial charge in [-0.3, -0.25) is 4.79 Å². The Morgan fingerprint density at radius 1 is 1.47 bits per heavy atom. The molecule has 3 nitrogen and oxygen atoms in total. The first-order valence-electron chi connectivity index (χ1n) is 6.49. The number of Topliss-reactive ketones (excluding diaryl/α,β-unsaturated/α-hetero) is 1. The Hall–Kier alpha value is -1.52. The largest absolute Gasteiger partial charge is 0.303 e. The molecule has 0 saturated heterocycles. The van der Waals surface area contributed by atoms with Gasteiger partial charge >= 0.3 is 0 Å². The molecule has 1 aliphatic heterocycles. The van der Waals surface area contributed by atoms with Crippen LogP contribution in [0.4, 0.5) is 0 Å². The van der Waals surface area contributed by atoms with Crippen LogP contribution in [-0.4, -0.2) is 17.3 Å². The molecule has 0 aliphatic carbocycles. The highest BCUT2D eigenvalue weighted by atomic mass is 32.1. The number of thiazole rings is 1. The van der Waals surface area contributed by atoms with Crippen molar-refractivity contribution in [3.8, 4) is 0 Å². The number of ketones is 1. The Morgan fingerprint density at radius 2 is 2.32 bits per heavy atom. The second-order valence-corrected chi connectivity index (χ2v) is 5.80. The van der Waals surface area contributed by atoms with Crippen LogP contribution >= 0.6 is 11.3 Å². The van der Waals surface area contributed by atoms with Crippen molar-refractivity contribution < 1.29 is 4.79 Å². The highest BCUT2D eigenvalue weighted by Crippen LogP contribution is 2.24. The van der Waals surface area contributed by atoms with Crippen LogP contribution in [-0.2, 0) is 17.6 Å². The summed E-state index contributed by atoms with van der Waals surface area (Å²) in [6, 6.07) is 8.03. The summed E-state index contributed by atoms with van der Waals surface area (Å²) in [5.41, 5.74) is 3.41. The molecule has 1 unspecified atom stereocenters. The molecule has 2 heterocycles. The molecule has 2 aromatic rings. The minimum atomic E-state index is -0.172. The van der Waals surface area contributed by atoms with Crippen LogP contribution in [0, 0.1) is 6.92 Å². The molecule has 1 aromatic heterocycles. The molecule has 98 valence electrons. The van der Waals surface area contributed by atoms with E-state index in [2.05, 4.69) is 22.4 Å². The van der Waals surface area contributed by atoms with Gasteiger partial charge in [-0.2, -0.15) is 0 Å². The van der Waals surface area contributed by atoms with Gasteiger partial charge in [-0.15, -0.1) is 11.3 Å². The number of rotatable bonds is 3. The minimum Gasteiger partial charge on any atom is -0.303 e. The van der Waals surface area contributed by atoms with Gasteiger partial charge in [0.2, 0.25) is 0 Å².